The minimum atomic E-state index is 0. The number of aldehydes is 1. The van der Waals surface area contributed by atoms with Crippen LogP contribution in [0.2, 0.25) is 0 Å². The molecule has 0 saturated heterocycles. The molecule has 0 fully saturated rings. The second-order valence-electron chi connectivity index (χ2n) is 1.53. The summed E-state index contributed by atoms with van der Waals surface area (Å²) in [5, 5.41) is 0. The molecule has 1 aromatic rings. The molecule has 0 aromatic heterocycles. The molecular weight excluding hydrogens is 131 g/mol. The molecule has 1 atom stereocenters. The fourth-order valence-electron chi connectivity index (χ4n) is 0.532. The highest BCUT2D eigenvalue weighted by atomic mass is 31.0. The van der Waals surface area contributed by atoms with Gasteiger partial charge in [0.05, 0.1) is 0 Å². The van der Waals surface area contributed by atoms with Crippen molar-refractivity contribution in [3.8, 4) is 0 Å². The van der Waals surface area contributed by atoms with E-state index in [0.29, 0.717) is 0 Å². The van der Waals surface area contributed by atoms with Gasteiger partial charge < -0.3 is 0 Å². The number of hydrogen-bond acceptors (Lipinski definition) is 1. The fourth-order valence-corrected chi connectivity index (χ4v) is 0.532. The van der Waals surface area contributed by atoms with Crippen LogP contribution in [0, 0.1) is 0 Å². The second-order valence-corrected chi connectivity index (χ2v) is 1.53. The van der Waals surface area contributed by atoms with E-state index >= 15 is 0 Å². The monoisotopic (exact) mass is 141 g/mol. The van der Waals surface area contributed by atoms with Gasteiger partial charge in [0.15, 0.2) is 0 Å². The lowest BCUT2D eigenvalue weighted by atomic mass is 10.2. The van der Waals surface area contributed by atoms with E-state index in [-0.39, 0.29) is 9.90 Å². The first-order chi connectivity index (χ1) is 3.93. The molecule has 1 nitrogen and oxygen atoms in total. The summed E-state index contributed by atoms with van der Waals surface area (Å²) in [4.78, 5) is 10.0. The SMILES string of the molecule is O=Cc1ccccc1.[PH4+]. The van der Waals surface area contributed by atoms with Gasteiger partial charge in [-0.05, 0) is 9.90 Å². The normalized spacial score (nSPS) is 7.56. The zero-order valence-corrected chi connectivity index (χ0v) is 7.37. The molecule has 9 heavy (non-hydrogen) atoms. The van der Waals surface area contributed by atoms with E-state index in [4.69, 9.17) is 0 Å². The van der Waals surface area contributed by atoms with E-state index in [0.717, 1.165) is 11.8 Å². The van der Waals surface area contributed by atoms with Crippen LogP contribution >= 0.6 is 9.90 Å². The first-order valence-corrected chi connectivity index (χ1v) is 2.44. The molecule has 0 aliphatic heterocycles. The number of benzene rings is 1. The Morgan fingerprint density at radius 3 is 2.00 bits per heavy atom. The van der Waals surface area contributed by atoms with Crippen LogP contribution in [-0.4, -0.2) is 6.29 Å². The van der Waals surface area contributed by atoms with Crippen LogP contribution in [0.4, 0.5) is 0 Å². The van der Waals surface area contributed by atoms with E-state index in [1.165, 1.54) is 0 Å². The van der Waals surface area contributed by atoms with Gasteiger partial charge >= 0.3 is 0 Å². The molecule has 0 saturated carbocycles. The molecule has 1 rings (SSSR count). The van der Waals surface area contributed by atoms with Gasteiger partial charge in [-0.25, -0.2) is 0 Å². The summed E-state index contributed by atoms with van der Waals surface area (Å²) in [7, 11) is 0. The Labute approximate surface area is 57.7 Å². The zero-order chi connectivity index (χ0) is 5.82. The van der Waals surface area contributed by atoms with Crippen molar-refractivity contribution in [3.05, 3.63) is 35.9 Å². The molecule has 0 amide bonds. The van der Waals surface area contributed by atoms with Crippen LogP contribution in [0.3, 0.4) is 0 Å². The summed E-state index contributed by atoms with van der Waals surface area (Å²) in [5.41, 5.74) is 0.729. The van der Waals surface area contributed by atoms with Gasteiger partial charge in [0, 0.05) is 5.56 Å². The van der Waals surface area contributed by atoms with Gasteiger partial charge in [-0.2, -0.15) is 0 Å². The summed E-state index contributed by atoms with van der Waals surface area (Å²) in [6.07, 6.45) is 0.833. The zero-order valence-electron chi connectivity index (χ0n) is 5.37. The lowest BCUT2D eigenvalue weighted by Gasteiger charge is -1.81. The molecule has 0 spiro atoms. The number of carbonyl (C=O) groups is 1. The minimum Gasteiger partial charge on any atom is -0.298 e. The van der Waals surface area contributed by atoms with Crippen molar-refractivity contribution >= 4 is 16.2 Å². The fraction of sp³-hybridized carbons (Fsp3) is 0. The van der Waals surface area contributed by atoms with Crippen LogP contribution in [0.1, 0.15) is 10.4 Å². The molecule has 0 heterocycles. The maximum Gasteiger partial charge on any atom is 0.150 e. The molecular formula is C7H10OP+. The third kappa shape index (κ3) is 2.39. The summed E-state index contributed by atoms with van der Waals surface area (Å²) in [6, 6.07) is 9.10. The molecule has 0 radical (unpaired) electrons. The summed E-state index contributed by atoms with van der Waals surface area (Å²) >= 11 is 0. The van der Waals surface area contributed by atoms with Crippen molar-refractivity contribution in [2.75, 3.05) is 0 Å². The van der Waals surface area contributed by atoms with Crippen molar-refractivity contribution < 1.29 is 4.79 Å². The third-order valence-corrected chi connectivity index (χ3v) is 0.936. The second kappa shape index (κ2) is 4.22. The molecule has 1 unspecified atom stereocenters. The van der Waals surface area contributed by atoms with Gasteiger partial charge in [0.2, 0.25) is 0 Å². The predicted octanol–water partition coefficient (Wildman–Crippen LogP) is 1.29. The summed E-state index contributed by atoms with van der Waals surface area (Å²) in [5.74, 6) is 0. The van der Waals surface area contributed by atoms with E-state index in [1.54, 1.807) is 12.1 Å². The Morgan fingerprint density at radius 1 is 1.11 bits per heavy atom. The lowest BCUT2D eigenvalue weighted by Crippen LogP contribution is -1.73. The van der Waals surface area contributed by atoms with Crippen molar-refractivity contribution in [3.63, 3.8) is 0 Å². The predicted molar refractivity (Wildman–Crippen MR) is 44.3 cm³/mol. The van der Waals surface area contributed by atoms with Crippen LogP contribution in [0.25, 0.3) is 0 Å². The topological polar surface area (TPSA) is 17.1 Å². The summed E-state index contributed by atoms with van der Waals surface area (Å²) in [6.45, 7) is 0. The standard InChI is InChI=1S/C7H6O.H3P/c8-6-7-4-2-1-3-5-7;/h1-6H;1H3/p+1. The lowest BCUT2D eigenvalue weighted by molar-refractivity contribution is 0.112. The van der Waals surface area contributed by atoms with Crippen molar-refractivity contribution in [2.24, 2.45) is 0 Å². The van der Waals surface area contributed by atoms with E-state index < -0.39 is 0 Å². The Balaban J connectivity index is 0.000000640. The molecule has 0 aliphatic rings. The van der Waals surface area contributed by atoms with Crippen molar-refractivity contribution in [1.29, 1.82) is 0 Å². The van der Waals surface area contributed by atoms with Crippen LogP contribution in [0.5, 0.6) is 0 Å². The van der Waals surface area contributed by atoms with E-state index in [2.05, 4.69) is 0 Å². The highest BCUT2D eigenvalue weighted by Crippen LogP contribution is 1.91. The highest BCUT2D eigenvalue weighted by Gasteiger charge is 1.79. The van der Waals surface area contributed by atoms with Crippen LogP contribution in [0.15, 0.2) is 30.3 Å². The Kier molecular flexibility index (Phi) is 3.90. The van der Waals surface area contributed by atoms with Gasteiger partial charge in [-0.3, -0.25) is 4.79 Å². The molecule has 1 aromatic carbocycles. The van der Waals surface area contributed by atoms with Gasteiger partial charge in [-0.1, -0.05) is 30.3 Å². The Hall–Kier alpha value is -0.680. The minimum absolute atomic E-state index is 0. The maximum absolute atomic E-state index is 10.0. The number of rotatable bonds is 1. The molecule has 48 valence electrons. The molecule has 0 aliphatic carbocycles. The van der Waals surface area contributed by atoms with Crippen LogP contribution in [-0.2, 0) is 0 Å². The third-order valence-electron chi connectivity index (χ3n) is 0.936. The molecule has 2 heteroatoms. The first-order valence-electron chi connectivity index (χ1n) is 2.44. The van der Waals surface area contributed by atoms with E-state index in [9.17, 15) is 4.79 Å². The van der Waals surface area contributed by atoms with Crippen molar-refractivity contribution in [1.82, 2.24) is 0 Å². The smallest absolute Gasteiger partial charge is 0.150 e. The first kappa shape index (κ1) is 8.32. The average Bonchev–Trinajstić information content (AvgIpc) is 1.90. The van der Waals surface area contributed by atoms with Gasteiger partial charge in [-0.15, -0.1) is 0 Å². The van der Waals surface area contributed by atoms with Gasteiger partial charge in [0.25, 0.3) is 0 Å². The maximum atomic E-state index is 10.0. The number of carbonyl (C=O) groups excluding carboxylic acids is 1. The quantitative estimate of drug-likeness (QED) is 0.425. The summed E-state index contributed by atoms with van der Waals surface area (Å²) < 4.78 is 0. The number of hydrogen-bond donors (Lipinski definition) is 0. The van der Waals surface area contributed by atoms with E-state index in [1.807, 2.05) is 18.2 Å². The van der Waals surface area contributed by atoms with Crippen LogP contribution < -0.4 is 0 Å². The highest BCUT2D eigenvalue weighted by molar-refractivity contribution is 6.92. The Morgan fingerprint density at radius 2 is 1.67 bits per heavy atom. The molecule has 0 bridgehead atoms. The van der Waals surface area contributed by atoms with Crippen molar-refractivity contribution in [2.45, 2.75) is 0 Å². The Bertz CT molecular complexity index is 172. The largest absolute Gasteiger partial charge is 0.298 e. The average molecular weight is 141 g/mol. The van der Waals surface area contributed by atoms with Gasteiger partial charge in [0.1, 0.15) is 6.29 Å². The molecule has 0 N–H and O–H groups in total.